The van der Waals surface area contributed by atoms with Gasteiger partial charge in [0.2, 0.25) is 0 Å². The van der Waals surface area contributed by atoms with Gasteiger partial charge in [-0.05, 0) is 20.8 Å². The van der Waals surface area contributed by atoms with E-state index in [0.29, 0.717) is 6.92 Å². The zero-order valence-electron chi connectivity index (χ0n) is 23.7. The van der Waals surface area contributed by atoms with E-state index in [4.69, 9.17) is 0 Å². The van der Waals surface area contributed by atoms with Gasteiger partial charge in [-0.3, -0.25) is 4.79 Å². The van der Waals surface area contributed by atoms with Gasteiger partial charge in [-0.15, -0.1) is 0 Å². The number of rotatable bonds is 6. The summed E-state index contributed by atoms with van der Waals surface area (Å²) in [6.07, 6.45) is -24.7. The molecule has 0 fully saturated rings. The van der Waals surface area contributed by atoms with Crippen LogP contribution in [-0.2, 0) is 28.6 Å². The minimum Gasteiger partial charge on any atom is -0.462 e. The Hall–Kier alpha value is -3.37. The molecular formula is C24H20F18O6. The molecule has 24 heteroatoms. The van der Waals surface area contributed by atoms with Gasteiger partial charge in [0.05, 0.1) is 18.3 Å². The van der Waals surface area contributed by atoms with E-state index in [9.17, 15) is 84.6 Å². The molecule has 0 aromatic heterocycles. The fourth-order valence-electron chi connectivity index (χ4n) is 3.83. The molecule has 278 valence electrons. The largest absolute Gasteiger partial charge is 0.462 e. The van der Waals surface area contributed by atoms with E-state index in [2.05, 4.69) is 14.2 Å². The van der Waals surface area contributed by atoms with Crippen LogP contribution in [0.25, 0.3) is 0 Å². The number of halogens is 18. The number of carbonyl (C=O) groups excluding carboxylic acids is 3. The van der Waals surface area contributed by atoms with Crippen molar-refractivity contribution >= 4 is 17.9 Å². The topological polar surface area (TPSA) is 78.9 Å². The lowest BCUT2D eigenvalue weighted by atomic mass is 9.84. The molecule has 0 unspecified atom stereocenters. The third-order valence-electron chi connectivity index (χ3n) is 6.45. The maximum atomic E-state index is 15.0. The number of cyclic esters (lactones) is 3. The Morgan fingerprint density at radius 3 is 1.29 bits per heavy atom. The number of esters is 3. The fourth-order valence-corrected chi connectivity index (χ4v) is 3.83. The normalized spacial score (nSPS) is 27.1. The van der Waals surface area contributed by atoms with Gasteiger partial charge in [-0.25, -0.2) is 9.59 Å². The highest BCUT2D eigenvalue weighted by molar-refractivity contribution is 5.83. The molecule has 0 saturated heterocycles. The number of carbonyl (C=O) groups is 3. The highest BCUT2D eigenvalue weighted by Crippen LogP contribution is 2.61. The Morgan fingerprint density at radius 1 is 0.500 bits per heavy atom. The Balaban J connectivity index is 3.85. The second kappa shape index (κ2) is 13.5. The van der Waals surface area contributed by atoms with Crippen molar-refractivity contribution < 1.29 is 108 Å². The van der Waals surface area contributed by atoms with Crippen LogP contribution in [0.2, 0.25) is 0 Å². The van der Waals surface area contributed by atoms with Crippen molar-refractivity contribution in [3.05, 3.63) is 24.3 Å². The zero-order chi connectivity index (χ0) is 38.3. The highest BCUT2D eigenvalue weighted by Gasteiger charge is 2.91. The first kappa shape index (κ1) is 42.7. The van der Waals surface area contributed by atoms with Gasteiger partial charge >= 0.3 is 65.8 Å². The fraction of sp³-hybridized carbons (Fsp3) is 0.708. The molecule has 0 radical (unpaired) electrons. The molecule has 1 rings (SSSR count). The molecule has 1 aliphatic rings. The first-order valence-electron chi connectivity index (χ1n) is 12.5. The van der Waals surface area contributed by atoms with E-state index in [1.54, 1.807) is 0 Å². The van der Waals surface area contributed by atoms with Crippen LogP contribution in [0.4, 0.5) is 79.0 Å². The number of hydrogen-bond donors (Lipinski definition) is 0. The Labute approximate surface area is 256 Å². The summed E-state index contributed by atoms with van der Waals surface area (Å²) in [6, 6.07) is 0. The second-order valence-corrected chi connectivity index (χ2v) is 10.1. The minimum absolute atomic E-state index is 0.00856. The van der Waals surface area contributed by atoms with Crippen LogP contribution in [-0.4, -0.2) is 84.1 Å². The molecule has 6 nitrogen and oxygen atoms in total. The molecule has 0 aromatic carbocycles. The predicted molar refractivity (Wildman–Crippen MR) is 118 cm³/mol. The van der Waals surface area contributed by atoms with E-state index in [-0.39, 0.29) is 19.1 Å². The summed E-state index contributed by atoms with van der Waals surface area (Å²) in [6.45, 7) is 1.20. The first-order valence-corrected chi connectivity index (χ1v) is 12.5. The maximum absolute atomic E-state index is 15.0. The van der Waals surface area contributed by atoms with Crippen LogP contribution in [0.3, 0.4) is 0 Å². The molecule has 0 aliphatic carbocycles. The summed E-state index contributed by atoms with van der Waals surface area (Å²) in [4.78, 5) is 36.2. The molecule has 48 heavy (non-hydrogen) atoms. The zero-order valence-corrected chi connectivity index (χ0v) is 23.7. The van der Waals surface area contributed by atoms with E-state index in [1.807, 2.05) is 0 Å². The predicted octanol–water partition coefficient (Wildman–Crippen LogP) is 7.47. The Bertz CT molecular complexity index is 1250. The summed E-state index contributed by atoms with van der Waals surface area (Å²) in [5.74, 6) is -59.0. The second-order valence-electron chi connectivity index (χ2n) is 10.1. The number of alkyl halides is 18. The van der Waals surface area contributed by atoms with Crippen LogP contribution < -0.4 is 0 Å². The van der Waals surface area contributed by atoms with Crippen LogP contribution in [0.1, 0.15) is 27.2 Å². The average molecular weight is 746 g/mol. The first-order chi connectivity index (χ1) is 21.1. The van der Waals surface area contributed by atoms with Gasteiger partial charge < -0.3 is 14.2 Å². The van der Waals surface area contributed by atoms with E-state index >= 15 is 8.78 Å². The van der Waals surface area contributed by atoms with E-state index < -0.39 is 115 Å². The molecule has 0 N–H and O–H groups in total. The molecule has 0 aromatic rings. The monoisotopic (exact) mass is 746 g/mol. The van der Waals surface area contributed by atoms with Gasteiger partial charge in [0, 0.05) is 12.2 Å². The van der Waals surface area contributed by atoms with Crippen LogP contribution in [0, 0.1) is 11.8 Å². The van der Waals surface area contributed by atoms with Crippen LogP contribution >= 0.6 is 0 Å². The van der Waals surface area contributed by atoms with Gasteiger partial charge in [-0.2, -0.15) is 79.0 Å². The van der Waals surface area contributed by atoms with Crippen molar-refractivity contribution in [1.29, 1.82) is 0 Å². The van der Waals surface area contributed by atoms with Crippen molar-refractivity contribution in [3.63, 3.8) is 0 Å². The molecule has 5 atom stereocenters. The minimum atomic E-state index is -8.33. The third-order valence-corrected chi connectivity index (χ3v) is 6.45. The van der Waals surface area contributed by atoms with Gasteiger partial charge in [0.1, 0.15) is 18.3 Å². The summed E-state index contributed by atoms with van der Waals surface area (Å²) < 4.78 is 259. The Morgan fingerprint density at radius 2 is 0.875 bits per heavy atom. The smallest absolute Gasteiger partial charge is 0.460 e. The van der Waals surface area contributed by atoms with E-state index in [0.717, 1.165) is 6.92 Å². The summed E-state index contributed by atoms with van der Waals surface area (Å²) in [5.41, 5.74) is 0. The van der Waals surface area contributed by atoms with Gasteiger partial charge in [-0.1, -0.05) is 12.2 Å². The SMILES string of the molecule is C[C@H]1CC(=O)O[C@H](C)[C@H](C(F)(F)C(F)(F)F)/C=C/C(=O)O[C@H](C)[C@H](C(F)(F)C(F)(F)C(F)(F)C(F)(F)C(F)(F)C(F)(F)F)/C=C/C(=O)O1. The summed E-state index contributed by atoms with van der Waals surface area (Å²) in [5, 5.41) is 0. The Kier molecular flexibility index (Phi) is 12.0. The molecule has 0 amide bonds. The summed E-state index contributed by atoms with van der Waals surface area (Å²) in [7, 11) is 0. The molecular weight excluding hydrogens is 726 g/mol. The van der Waals surface area contributed by atoms with Crippen molar-refractivity contribution in [2.75, 3.05) is 0 Å². The highest BCUT2D eigenvalue weighted by atomic mass is 19.4. The number of ether oxygens (including phenoxy) is 3. The van der Waals surface area contributed by atoms with Crippen LogP contribution in [0.5, 0.6) is 0 Å². The average Bonchev–Trinajstić information content (AvgIpc) is 2.85. The van der Waals surface area contributed by atoms with Crippen molar-refractivity contribution in [1.82, 2.24) is 0 Å². The van der Waals surface area contributed by atoms with Crippen LogP contribution in [0.15, 0.2) is 24.3 Å². The lowest BCUT2D eigenvalue weighted by Crippen LogP contribution is -2.71. The third kappa shape index (κ3) is 7.91. The molecule has 0 bridgehead atoms. The lowest BCUT2D eigenvalue weighted by Gasteiger charge is -2.42. The standard InChI is InChI=1S/C24H20F18O6/c1-9-8-16(45)48-11(3)13(18(27,28)23(37,38)39)5-7-15(44)47-10(2)12(4-6-14(43)46-9)17(25,26)19(29,30)20(31,32)21(33,34)22(35,36)24(40,41)42/h4-7,9-13H,8H2,1-3H3/b6-4+,7-5+/t9-,10+,11+,12+,13+/m0/s1. The lowest BCUT2D eigenvalue weighted by molar-refractivity contribution is -0.443. The van der Waals surface area contributed by atoms with Crippen molar-refractivity contribution in [3.8, 4) is 0 Å². The number of hydrogen-bond acceptors (Lipinski definition) is 6. The van der Waals surface area contributed by atoms with Crippen molar-refractivity contribution in [2.24, 2.45) is 11.8 Å². The van der Waals surface area contributed by atoms with Gasteiger partial charge in [0.25, 0.3) is 0 Å². The summed E-state index contributed by atoms with van der Waals surface area (Å²) >= 11 is 0. The molecule has 0 spiro atoms. The molecule has 0 saturated carbocycles. The molecule has 1 heterocycles. The maximum Gasteiger partial charge on any atom is 0.460 e. The van der Waals surface area contributed by atoms with E-state index in [1.165, 1.54) is 0 Å². The quantitative estimate of drug-likeness (QED) is 0.160. The molecule has 1 aliphatic heterocycles. The van der Waals surface area contributed by atoms with Crippen molar-refractivity contribution in [2.45, 2.75) is 93.4 Å². The van der Waals surface area contributed by atoms with Gasteiger partial charge in [0.15, 0.2) is 0 Å².